The van der Waals surface area contributed by atoms with Gasteiger partial charge < -0.3 is 39.4 Å². The van der Waals surface area contributed by atoms with Crippen LogP contribution in [0.2, 0.25) is 0 Å². The molecule has 0 saturated carbocycles. The number of carboxylic acids is 4. The van der Waals surface area contributed by atoms with Crippen molar-refractivity contribution in [2.24, 2.45) is 0 Å². The van der Waals surface area contributed by atoms with E-state index in [2.05, 4.69) is 40.2 Å². The number of nitrogens with one attached hydrogen (secondary N) is 4. The smallest absolute Gasteiger partial charge is 0.411 e. The number of hydrogen-bond donors (Lipinski definition) is 8. The highest BCUT2D eigenvalue weighted by molar-refractivity contribution is 5.82. The summed E-state index contributed by atoms with van der Waals surface area (Å²) < 4.78 is 17.7. The third-order valence-corrected chi connectivity index (χ3v) is 2.81. The van der Waals surface area contributed by atoms with Crippen LogP contribution in [-0.2, 0) is 38.1 Å². The molecule has 0 aliphatic heterocycles. The van der Waals surface area contributed by atoms with Gasteiger partial charge in [-0.3, -0.25) is 21.3 Å². The quantitative estimate of drug-likeness (QED) is 0.0763. The highest BCUT2D eigenvalue weighted by atomic mass is 28.1. The van der Waals surface area contributed by atoms with Crippen molar-refractivity contribution in [1.82, 2.24) is 21.3 Å². The lowest BCUT2D eigenvalue weighted by atomic mass is 10.6. The first kappa shape index (κ1) is 48.8. The number of carbonyl (C=O) groups is 8. The van der Waals surface area contributed by atoms with Gasteiger partial charge in [0.25, 0.3) is 0 Å². The van der Waals surface area contributed by atoms with Gasteiger partial charge in [0.2, 0.25) is 0 Å². The molecule has 0 unspecified atom stereocenters. The number of rotatable bonds is 12. The Morgan fingerprint density at radius 3 is 0.689 bits per heavy atom. The SMILES string of the molecule is CCOC(=O)NC=CC(=O)O.CCOC(=O)NC=CC(=O)O.CCOC(=O)NC=CC(=O)O.CCOC(=O)NC=CC(=O)O.[SiH4]. The van der Waals surface area contributed by atoms with Crippen LogP contribution < -0.4 is 21.3 Å². The van der Waals surface area contributed by atoms with Gasteiger partial charge in [-0.2, -0.15) is 0 Å². The molecule has 8 N–H and O–H groups in total. The molecule has 0 radical (unpaired) electrons. The largest absolute Gasteiger partial charge is 0.478 e. The Morgan fingerprint density at radius 2 is 0.578 bits per heavy atom. The summed E-state index contributed by atoms with van der Waals surface area (Å²) >= 11 is 0. The molecule has 256 valence electrons. The molecule has 0 spiro atoms. The van der Waals surface area contributed by atoms with Gasteiger partial charge in [-0.1, -0.05) is 0 Å². The van der Waals surface area contributed by atoms with Crippen LogP contribution in [0.1, 0.15) is 27.7 Å². The number of amides is 4. The van der Waals surface area contributed by atoms with Gasteiger partial charge in [-0.25, -0.2) is 38.4 Å². The molecule has 0 fully saturated rings. The summed E-state index contributed by atoms with van der Waals surface area (Å²) in [6.07, 6.45) is 4.56. The van der Waals surface area contributed by atoms with Crippen molar-refractivity contribution < 1.29 is 77.7 Å². The molecule has 20 nitrogen and oxygen atoms in total. The van der Waals surface area contributed by atoms with Gasteiger partial charge in [0.1, 0.15) is 0 Å². The Morgan fingerprint density at radius 1 is 0.422 bits per heavy atom. The Hall–Kier alpha value is -5.86. The summed E-state index contributed by atoms with van der Waals surface area (Å²) in [6.45, 7) is 7.64. The van der Waals surface area contributed by atoms with E-state index in [1.54, 1.807) is 27.7 Å². The Labute approximate surface area is 261 Å². The second kappa shape index (κ2) is 36.2. The molecular weight excluding hydrogens is 628 g/mol. The zero-order chi connectivity index (χ0) is 34.8. The Kier molecular flexibility index (Phi) is 39.3. The molecule has 0 heterocycles. The van der Waals surface area contributed by atoms with E-state index in [0.717, 1.165) is 49.1 Å². The van der Waals surface area contributed by atoms with Crippen molar-refractivity contribution in [2.45, 2.75) is 27.7 Å². The number of carbonyl (C=O) groups excluding carboxylic acids is 4. The molecule has 0 bridgehead atoms. The standard InChI is InChI=1S/4C6H9NO4.H4Si/c4*1-2-11-6(10)7-4-3-5(8)9;/h4*3-4H,2H2,1H3,(H,7,10)(H,8,9);1H4. The molecule has 45 heavy (non-hydrogen) atoms. The first-order valence-electron chi connectivity index (χ1n) is 12.0. The van der Waals surface area contributed by atoms with Crippen LogP contribution in [-0.4, -0.2) is 106 Å². The lowest BCUT2D eigenvalue weighted by molar-refractivity contribution is -0.132. The maximum atomic E-state index is 10.4. The van der Waals surface area contributed by atoms with E-state index in [1.807, 2.05) is 0 Å². The van der Waals surface area contributed by atoms with Gasteiger partial charge in [0, 0.05) is 49.1 Å². The third-order valence-electron chi connectivity index (χ3n) is 2.81. The fourth-order valence-corrected chi connectivity index (χ4v) is 1.42. The van der Waals surface area contributed by atoms with Crippen molar-refractivity contribution >= 4 is 59.2 Å². The maximum Gasteiger partial charge on any atom is 0.411 e. The van der Waals surface area contributed by atoms with Crippen LogP contribution in [0.3, 0.4) is 0 Å². The fourth-order valence-electron chi connectivity index (χ4n) is 1.42. The van der Waals surface area contributed by atoms with Crippen LogP contribution in [0.15, 0.2) is 49.1 Å². The van der Waals surface area contributed by atoms with Crippen molar-refractivity contribution in [3.8, 4) is 0 Å². The van der Waals surface area contributed by atoms with Crippen LogP contribution in [0.4, 0.5) is 19.2 Å². The van der Waals surface area contributed by atoms with Crippen LogP contribution in [0.5, 0.6) is 0 Å². The van der Waals surface area contributed by atoms with Crippen molar-refractivity contribution in [3.05, 3.63) is 49.1 Å². The highest BCUT2D eigenvalue weighted by Crippen LogP contribution is 1.79. The Balaban J connectivity index is -0.000000157. The number of aliphatic carboxylic acids is 4. The molecule has 21 heteroatoms. The number of ether oxygens (including phenoxy) is 4. The van der Waals surface area contributed by atoms with E-state index in [4.69, 9.17) is 20.4 Å². The van der Waals surface area contributed by atoms with Crippen LogP contribution in [0, 0.1) is 0 Å². The minimum Gasteiger partial charge on any atom is -0.478 e. The summed E-state index contributed by atoms with van der Waals surface area (Å²) in [6, 6.07) is 0. The molecule has 0 aromatic heterocycles. The summed E-state index contributed by atoms with van der Waals surface area (Å²) in [7, 11) is 0. The number of carboxylic acid groups (broad SMARTS) is 4. The zero-order valence-corrected chi connectivity index (χ0v) is 24.1. The predicted octanol–water partition coefficient (Wildman–Crippen LogP) is -0.128. The molecule has 0 saturated heterocycles. The minimum absolute atomic E-state index is 0. The first-order valence-corrected chi connectivity index (χ1v) is 12.0. The molecule has 0 atom stereocenters. The number of alkyl carbamates (subject to hydrolysis) is 4. The molecular formula is C24H40N4O16Si. The molecule has 0 aliphatic carbocycles. The molecule has 0 rings (SSSR count). The molecule has 0 aromatic carbocycles. The van der Waals surface area contributed by atoms with Crippen LogP contribution in [0.25, 0.3) is 0 Å². The zero-order valence-electron chi connectivity index (χ0n) is 24.1. The van der Waals surface area contributed by atoms with E-state index >= 15 is 0 Å². The van der Waals surface area contributed by atoms with E-state index in [-0.39, 0.29) is 37.4 Å². The second-order valence-corrected chi connectivity index (χ2v) is 6.15. The highest BCUT2D eigenvalue weighted by Gasteiger charge is 1.96. The van der Waals surface area contributed by atoms with E-state index < -0.39 is 48.3 Å². The average Bonchev–Trinajstić information content (AvgIpc) is 2.90. The third kappa shape index (κ3) is 54.8. The van der Waals surface area contributed by atoms with E-state index in [1.165, 1.54) is 0 Å². The fraction of sp³-hybridized carbons (Fsp3) is 0.333. The summed E-state index contributed by atoms with van der Waals surface area (Å²) in [5, 5.41) is 40.7. The predicted molar refractivity (Wildman–Crippen MR) is 159 cm³/mol. The second-order valence-electron chi connectivity index (χ2n) is 6.15. The molecule has 0 aliphatic rings. The Bertz CT molecular complexity index is 869. The van der Waals surface area contributed by atoms with Crippen molar-refractivity contribution in [2.75, 3.05) is 26.4 Å². The lowest BCUT2D eigenvalue weighted by Gasteiger charge is -1.97. The van der Waals surface area contributed by atoms with E-state index in [9.17, 15) is 38.4 Å². The van der Waals surface area contributed by atoms with Gasteiger partial charge in [-0.05, 0) is 38.7 Å². The molecule has 4 amide bonds. The van der Waals surface area contributed by atoms with Gasteiger partial charge >= 0.3 is 48.3 Å². The topological polar surface area (TPSA) is 303 Å². The lowest BCUT2D eigenvalue weighted by Crippen LogP contribution is -2.18. The van der Waals surface area contributed by atoms with Crippen molar-refractivity contribution in [3.63, 3.8) is 0 Å². The summed E-state index contributed by atoms with van der Waals surface area (Å²) in [5.41, 5.74) is 0. The first-order chi connectivity index (χ1) is 20.7. The summed E-state index contributed by atoms with van der Waals surface area (Å²) in [5.74, 6) is -4.49. The normalized spacial score (nSPS) is 9.33. The number of hydrogen-bond acceptors (Lipinski definition) is 12. The maximum absolute atomic E-state index is 10.4. The van der Waals surface area contributed by atoms with Gasteiger partial charge in [0.15, 0.2) is 0 Å². The van der Waals surface area contributed by atoms with E-state index in [0.29, 0.717) is 0 Å². The average molecular weight is 669 g/mol. The van der Waals surface area contributed by atoms with Gasteiger partial charge in [0.05, 0.1) is 26.4 Å². The minimum atomic E-state index is -1.12. The van der Waals surface area contributed by atoms with Gasteiger partial charge in [-0.15, -0.1) is 0 Å². The summed E-state index contributed by atoms with van der Waals surface area (Å²) in [4.78, 5) is 81.2. The van der Waals surface area contributed by atoms with Crippen LogP contribution >= 0.6 is 0 Å². The van der Waals surface area contributed by atoms with Crippen molar-refractivity contribution in [1.29, 1.82) is 0 Å². The monoisotopic (exact) mass is 668 g/mol. The molecule has 0 aromatic rings.